The molecular weight excluding hydrogens is 212 g/mol. The lowest BCUT2D eigenvalue weighted by molar-refractivity contribution is -0.137. The fraction of sp³-hybridized carbons (Fsp3) is 0.667. The van der Waals surface area contributed by atoms with E-state index < -0.39 is 28.4 Å². The lowest BCUT2D eigenvalue weighted by atomic mass is 10.3. The van der Waals surface area contributed by atoms with Crippen LogP contribution >= 0.6 is 0 Å². The molecule has 82 valence electrons. The summed E-state index contributed by atoms with van der Waals surface area (Å²) in [5, 5.41) is 8.24. The first-order chi connectivity index (χ1) is 6.33. The molecule has 0 aromatic rings. The average Bonchev–Trinajstić information content (AvgIpc) is 2.00. The van der Waals surface area contributed by atoms with E-state index in [0.717, 1.165) is 0 Å². The van der Waals surface area contributed by atoms with Crippen molar-refractivity contribution < 1.29 is 23.1 Å². The van der Waals surface area contributed by atoms with Crippen molar-refractivity contribution in [2.75, 3.05) is 12.3 Å². The molecule has 0 spiro atoms. The van der Waals surface area contributed by atoms with Gasteiger partial charge in [0.15, 0.2) is 0 Å². The van der Waals surface area contributed by atoms with Gasteiger partial charge in [-0.15, -0.1) is 0 Å². The van der Waals surface area contributed by atoms with Gasteiger partial charge in [0.2, 0.25) is 15.9 Å². The molecule has 0 radical (unpaired) electrons. The van der Waals surface area contributed by atoms with Gasteiger partial charge in [-0.2, -0.15) is 0 Å². The van der Waals surface area contributed by atoms with Crippen LogP contribution in [0, 0.1) is 0 Å². The second kappa shape index (κ2) is 5.55. The Balaban J connectivity index is 3.84. The molecule has 0 atom stereocenters. The third-order valence-electron chi connectivity index (χ3n) is 1.27. The third-order valence-corrected chi connectivity index (χ3v) is 2.68. The Morgan fingerprint density at radius 3 is 2.36 bits per heavy atom. The predicted molar refractivity (Wildman–Crippen MR) is 47.9 cm³/mol. The summed E-state index contributed by atoms with van der Waals surface area (Å²) in [6.45, 7) is -0.463. The molecule has 8 heteroatoms. The number of amides is 1. The van der Waals surface area contributed by atoms with Crippen LogP contribution in [0.15, 0.2) is 0 Å². The van der Waals surface area contributed by atoms with Gasteiger partial charge in [0.1, 0.15) is 0 Å². The maximum atomic E-state index is 11.0. The summed E-state index contributed by atoms with van der Waals surface area (Å²) in [4.78, 5) is 20.3. The van der Waals surface area contributed by atoms with Crippen LogP contribution < -0.4 is 10.5 Å². The smallest absolute Gasteiger partial charge is 0.303 e. The number of carbonyl (C=O) groups excluding carboxylic acids is 1. The highest BCUT2D eigenvalue weighted by molar-refractivity contribution is 7.89. The normalized spacial score (nSPS) is 11.1. The van der Waals surface area contributed by atoms with E-state index in [4.69, 9.17) is 10.8 Å². The summed E-state index contributed by atoms with van der Waals surface area (Å²) in [6, 6.07) is 0. The zero-order valence-corrected chi connectivity index (χ0v) is 8.21. The highest BCUT2D eigenvalue weighted by atomic mass is 32.2. The summed E-state index contributed by atoms with van der Waals surface area (Å²) >= 11 is 0. The summed E-state index contributed by atoms with van der Waals surface area (Å²) in [5.41, 5.74) is 4.72. The van der Waals surface area contributed by atoms with E-state index in [2.05, 4.69) is 0 Å². The van der Waals surface area contributed by atoms with E-state index in [1.807, 2.05) is 4.72 Å². The van der Waals surface area contributed by atoms with Crippen molar-refractivity contribution in [1.29, 1.82) is 0 Å². The highest BCUT2D eigenvalue weighted by Crippen LogP contribution is 1.94. The first-order valence-electron chi connectivity index (χ1n) is 3.81. The Morgan fingerprint density at radius 2 is 1.93 bits per heavy atom. The van der Waals surface area contributed by atoms with Crippen molar-refractivity contribution in [3.8, 4) is 0 Å². The molecule has 7 nitrogen and oxygen atoms in total. The summed E-state index contributed by atoms with van der Waals surface area (Å²) in [6.07, 6.45) is -0.221. The molecule has 0 bridgehead atoms. The molecule has 0 rings (SSSR count). The molecule has 0 saturated heterocycles. The minimum atomic E-state index is -3.59. The fourth-order valence-corrected chi connectivity index (χ4v) is 1.70. The van der Waals surface area contributed by atoms with Crippen molar-refractivity contribution in [2.45, 2.75) is 12.8 Å². The van der Waals surface area contributed by atoms with Crippen LogP contribution in [0.25, 0.3) is 0 Å². The number of carbonyl (C=O) groups is 2. The molecule has 0 aromatic heterocycles. The van der Waals surface area contributed by atoms with E-state index in [-0.39, 0.29) is 18.6 Å². The van der Waals surface area contributed by atoms with Crippen molar-refractivity contribution in [1.82, 2.24) is 4.72 Å². The fourth-order valence-electron chi connectivity index (χ4n) is 0.667. The van der Waals surface area contributed by atoms with Gasteiger partial charge in [0.05, 0.1) is 12.3 Å². The number of carboxylic acids is 1. The van der Waals surface area contributed by atoms with Crippen LogP contribution in [0.4, 0.5) is 0 Å². The highest BCUT2D eigenvalue weighted by Gasteiger charge is 2.11. The van der Waals surface area contributed by atoms with E-state index in [9.17, 15) is 18.0 Å². The van der Waals surface area contributed by atoms with Crippen LogP contribution in [0.2, 0.25) is 0 Å². The zero-order valence-electron chi connectivity index (χ0n) is 7.39. The standard InChI is InChI=1S/C6H12N2O5S/c7-5(9)4-8-14(12,13)3-1-2-6(10)11/h8H,1-4H2,(H2,7,9)(H,10,11). The second-order valence-corrected chi connectivity index (χ2v) is 4.53. The number of rotatable bonds is 7. The molecule has 1 amide bonds. The van der Waals surface area contributed by atoms with Crippen LogP contribution in [0.1, 0.15) is 12.8 Å². The first kappa shape index (κ1) is 12.8. The zero-order chi connectivity index (χ0) is 11.2. The van der Waals surface area contributed by atoms with Gasteiger partial charge in [0, 0.05) is 6.42 Å². The van der Waals surface area contributed by atoms with Crippen molar-refractivity contribution in [3.63, 3.8) is 0 Å². The lowest BCUT2D eigenvalue weighted by Gasteiger charge is -2.02. The molecule has 0 aromatic carbocycles. The number of carboxylic acid groups (broad SMARTS) is 1. The SMILES string of the molecule is NC(=O)CNS(=O)(=O)CCCC(=O)O. The molecule has 0 unspecified atom stereocenters. The molecule has 0 aliphatic heterocycles. The van der Waals surface area contributed by atoms with Crippen molar-refractivity contribution in [2.24, 2.45) is 5.73 Å². The monoisotopic (exact) mass is 224 g/mol. The van der Waals surface area contributed by atoms with Crippen LogP contribution in [0.3, 0.4) is 0 Å². The van der Waals surface area contributed by atoms with Crippen LogP contribution in [-0.4, -0.2) is 37.7 Å². The second-order valence-electron chi connectivity index (χ2n) is 2.60. The van der Waals surface area contributed by atoms with Crippen LogP contribution in [-0.2, 0) is 19.6 Å². The number of aliphatic carboxylic acids is 1. The molecule has 0 fully saturated rings. The van der Waals surface area contributed by atoms with Crippen molar-refractivity contribution in [3.05, 3.63) is 0 Å². The minimum absolute atomic E-state index is 0.00340. The maximum Gasteiger partial charge on any atom is 0.303 e. The number of nitrogens with two attached hydrogens (primary N) is 1. The number of nitrogens with one attached hydrogen (secondary N) is 1. The van der Waals surface area contributed by atoms with Gasteiger partial charge in [-0.3, -0.25) is 9.59 Å². The number of primary amides is 1. The third kappa shape index (κ3) is 7.50. The molecule has 0 aliphatic carbocycles. The van der Waals surface area contributed by atoms with Gasteiger partial charge in [-0.05, 0) is 6.42 Å². The molecule has 0 heterocycles. The summed E-state index contributed by atoms with van der Waals surface area (Å²) in [7, 11) is -3.59. The van der Waals surface area contributed by atoms with E-state index in [1.54, 1.807) is 0 Å². The Morgan fingerprint density at radius 1 is 1.36 bits per heavy atom. The summed E-state index contributed by atoms with van der Waals surface area (Å²) in [5.74, 6) is -2.17. The van der Waals surface area contributed by atoms with Gasteiger partial charge in [-0.25, -0.2) is 13.1 Å². The van der Waals surface area contributed by atoms with E-state index in [1.165, 1.54) is 0 Å². The van der Waals surface area contributed by atoms with Crippen LogP contribution in [0.5, 0.6) is 0 Å². The number of hydrogen-bond acceptors (Lipinski definition) is 4. The average molecular weight is 224 g/mol. The van der Waals surface area contributed by atoms with Gasteiger partial charge in [-0.1, -0.05) is 0 Å². The largest absolute Gasteiger partial charge is 0.481 e. The molecule has 0 saturated carbocycles. The number of sulfonamides is 1. The quantitative estimate of drug-likeness (QED) is 0.473. The van der Waals surface area contributed by atoms with Gasteiger partial charge < -0.3 is 10.8 Å². The Bertz CT molecular complexity index is 310. The molecular formula is C6H12N2O5S. The maximum absolute atomic E-state index is 11.0. The number of hydrogen-bond donors (Lipinski definition) is 3. The lowest BCUT2D eigenvalue weighted by Crippen LogP contribution is -2.34. The molecule has 14 heavy (non-hydrogen) atoms. The van der Waals surface area contributed by atoms with E-state index >= 15 is 0 Å². The van der Waals surface area contributed by atoms with E-state index in [0.29, 0.717) is 0 Å². The molecule has 0 aliphatic rings. The first-order valence-corrected chi connectivity index (χ1v) is 5.46. The topological polar surface area (TPSA) is 127 Å². The minimum Gasteiger partial charge on any atom is -0.481 e. The summed E-state index contributed by atoms with van der Waals surface area (Å²) < 4.78 is 23.9. The Kier molecular flexibility index (Phi) is 5.10. The Labute approximate surface area is 81.3 Å². The van der Waals surface area contributed by atoms with Crippen molar-refractivity contribution >= 4 is 21.9 Å². The van der Waals surface area contributed by atoms with Gasteiger partial charge in [0.25, 0.3) is 0 Å². The van der Waals surface area contributed by atoms with Gasteiger partial charge >= 0.3 is 5.97 Å². The Hall–Kier alpha value is -1.15. The molecule has 4 N–H and O–H groups in total. The predicted octanol–water partition coefficient (Wildman–Crippen LogP) is -1.74.